The highest BCUT2D eigenvalue weighted by molar-refractivity contribution is 9.10. The lowest BCUT2D eigenvalue weighted by atomic mass is 10.2. The summed E-state index contributed by atoms with van der Waals surface area (Å²) in [4.78, 5) is 11.1. The summed E-state index contributed by atoms with van der Waals surface area (Å²) < 4.78 is 2.57. The summed E-state index contributed by atoms with van der Waals surface area (Å²) in [7, 11) is 1.87. The van der Waals surface area contributed by atoms with Crippen molar-refractivity contribution in [1.82, 2.24) is 14.8 Å². The zero-order valence-corrected chi connectivity index (χ0v) is 11.9. The van der Waals surface area contributed by atoms with E-state index in [0.29, 0.717) is 18.7 Å². The predicted octanol–water partition coefficient (Wildman–Crippen LogP) is 1.93. The number of carboxylic acid groups (broad SMARTS) is 1. The predicted molar refractivity (Wildman–Crippen MR) is 74.3 cm³/mol. The van der Waals surface area contributed by atoms with Crippen LogP contribution in [-0.2, 0) is 13.5 Å². The summed E-state index contributed by atoms with van der Waals surface area (Å²) in [6.45, 7) is 0.592. The molecule has 0 unspecified atom stereocenters. The first-order valence-corrected chi connectivity index (χ1v) is 6.47. The van der Waals surface area contributed by atoms with Crippen LogP contribution in [0.3, 0.4) is 0 Å². The highest BCUT2D eigenvalue weighted by Crippen LogP contribution is 2.21. The number of hydrogen-bond donors (Lipinski definition) is 2. The Kier molecular flexibility index (Phi) is 4.16. The van der Waals surface area contributed by atoms with Gasteiger partial charge in [0.15, 0.2) is 0 Å². The fraction of sp³-hybridized carbons (Fsp3) is 0.250. The summed E-state index contributed by atoms with van der Waals surface area (Å²) in [5, 5.41) is 20.0. The molecule has 19 heavy (non-hydrogen) atoms. The molecule has 0 amide bonds. The number of aromatic nitrogens is 3. The Hall–Kier alpha value is -1.89. The normalized spacial score (nSPS) is 10.4. The summed E-state index contributed by atoms with van der Waals surface area (Å²) in [5.41, 5.74) is 0.838. The number of hydrogen-bond acceptors (Lipinski definition) is 4. The number of nitrogens with one attached hydrogen (secondary N) is 1. The molecule has 0 saturated carbocycles. The van der Waals surface area contributed by atoms with Gasteiger partial charge in [0.05, 0.1) is 5.56 Å². The average molecular weight is 325 g/mol. The standard InChI is InChI=1S/C12H13BrN4O2/c1-17-7-15-16-11(17)4-5-14-10-3-2-8(13)6-9(10)12(18)19/h2-3,6-7,14H,4-5H2,1H3,(H,18,19). The van der Waals surface area contributed by atoms with Crippen molar-refractivity contribution in [3.63, 3.8) is 0 Å². The minimum absolute atomic E-state index is 0.243. The summed E-state index contributed by atoms with van der Waals surface area (Å²) >= 11 is 3.26. The van der Waals surface area contributed by atoms with E-state index in [-0.39, 0.29) is 5.56 Å². The fourth-order valence-corrected chi connectivity index (χ4v) is 2.05. The molecule has 0 fully saturated rings. The molecular weight excluding hydrogens is 312 g/mol. The van der Waals surface area contributed by atoms with E-state index >= 15 is 0 Å². The van der Waals surface area contributed by atoms with Gasteiger partial charge in [-0.15, -0.1) is 10.2 Å². The van der Waals surface area contributed by atoms with Crippen molar-refractivity contribution < 1.29 is 9.90 Å². The largest absolute Gasteiger partial charge is 0.478 e. The zero-order valence-electron chi connectivity index (χ0n) is 10.3. The lowest BCUT2D eigenvalue weighted by Gasteiger charge is -2.09. The van der Waals surface area contributed by atoms with Crippen LogP contribution in [0.4, 0.5) is 5.69 Å². The first kappa shape index (κ1) is 13.5. The number of carboxylic acids is 1. The molecule has 7 heteroatoms. The molecule has 0 radical (unpaired) electrons. The summed E-state index contributed by atoms with van der Waals surface area (Å²) in [6, 6.07) is 5.12. The van der Waals surface area contributed by atoms with E-state index in [9.17, 15) is 4.79 Å². The Morgan fingerprint density at radius 1 is 1.53 bits per heavy atom. The van der Waals surface area contributed by atoms with Gasteiger partial charge in [-0.2, -0.15) is 0 Å². The fourth-order valence-electron chi connectivity index (χ4n) is 1.69. The van der Waals surface area contributed by atoms with Crippen LogP contribution in [0.1, 0.15) is 16.2 Å². The number of nitrogens with zero attached hydrogens (tertiary/aromatic N) is 3. The van der Waals surface area contributed by atoms with Crippen molar-refractivity contribution in [2.75, 3.05) is 11.9 Å². The second-order valence-electron chi connectivity index (χ2n) is 4.03. The summed E-state index contributed by atoms with van der Waals surface area (Å²) in [6.07, 6.45) is 2.31. The number of halogens is 1. The van der Waals surface area contributed by atoms with E-state index in [0.717, 1.165) is 10.3 Å². The Bertz CT molecular complexity index is 597. The number of anilines is 1. The van der Waals surface area contributed by atoms with Crippen LogP contribution in [0.5, 0.6) is 0 Å². The molecule has 100 valence electrons. The van der Waals surface area contributed by atoms with Crippen LogP contribution in [0.15, 0.2) is 29.0 Å². The lowest BCUT2D eigenvalue weighted by Crippen LogP contribution is -2.11. The van der Waals surface area contributed by atoms with E-state index in [2.05, 4.69) is 31.4 Å². The van der Waals surface area contributed by atoms with Gasteiger partial charge < -0.3 is 15.0 Å². The minimum atomic E-state index is -0.956. The molecule has 2 rings (SSSR count). The zero-order chi connectivity index (χ0) is 13.8. The van der Waals surface area contributed by atoms with Crippen LogP contribution in [0, 0.1) is 0 Å². The molecule has 0 spiro atoms. The van der Waals surface area contributed by atoms with Gasteiger partial charge >= 0.3 is 5.97 Å². The highest BCUT2D eigenvalue weighted by Gasteiger charge is 2.10. The van der Waals surface area contributed by atoms with Gasteiger partial charge in [0.2, 0.25) is 0 Å². The number of carbonyl (C=O) groups is 1. The Labute approximate surface area is 118 Å². The molecule has 0 saturated heterocycles. The topological polar surface area (TPSA) is 80.0 Å². The average Bonchev–Trinajstić information content (AvgIpc) is 2.77. The van der Waals surface area contributed by atoms with E-state index in [4.69, 9.17) is 5.11 Å². The van der Waals surface area contributed by atoms with E-state index < -0.39 is 5.97 Å². The van der Waals surface area contributed by atoms with E-state index in [1.807, 2.05) is 11.6 Å². The molecule has 0 atom stereocenters. The van der Waals surface area contributed by atoms with Gasteiger partial charge in [-0.1, -0.05) is 15.9 Å². The van der Waals surface area contributed by atoms with Crippen molar-refractivity contribution >= 4 is 27.6 Å². The van der Waals surface area contributed by atoms with Gasteiger partial charge in [0.1, 0.15) is 12.2 Å². The van der Waals surface area contributed by atoms with Crippen LogP contribution < -0.4 is 5.32 Å². The van der Waals surface area contributed by atoms with Gasteiger partial charge in [0.25, 0.3) is 0 Å². The van der Waals surface area contributed by atoms with Gasteiger partial charge in [-0.3, -0.25) is 0 Å². The van der Waals surface area contributed by atoms with E-state index in [1.54, 1.807) is 24.5 Å². The molecule has 0 aliphatic rings. The number of rotatable bonds is 5. The second kappa shape index (κ2) is 5.83. The monoisotopic (exact) mass is 324 g/mol. The van der Waals surface area contributed by atoms with Crippen LogP contribution in [-0.4, -0.2) is 32.4 Å². The van der Waals surface area contributed by atoms with Crippen molar-refractivity contribution in [3.8, 4) is 0 Å². The molecule has 1 aromatic carbocycles. The quantitative estimate of drug-likeness (QED) is 0.878. The van der Waals surface area contributed by atoms with Crippen LogP contribution in [0.25, 0.3) is 0 Å². The van der Waals surface area contributed by atoms with Crippen molar-refractivity contribution in [2.45, 2.75) is 6.42 Å². The molecule has 2 aromatic rings. The second-order valence-corrected chi connectivity index (χ2v) is 4.95. The maximum Gasteiger partial charge on any atom is 0.337 e. The van der Waals surface area contributed by atoms with Gasteiger partial charge in [0, 0.05) is 30.2 Å². The Morgan fingerprint density at radius 2 is 2.32 bits per heavy atom. The Balaban J connectivity index is 2.03. The van der Waals surface area contributed by atoms with Crippen LogP contribution in [0.2, 0.25) is 0 Å². The SMILES string of the molecule is Cn1cnnc1CCNc1ccc(Br)cc1C(=O)O. The molecule has 1 heterocycles. The Morgan fingerprint density at radius 3 is 2.95 bits per heavy atom. The number of benzene rings is 1. The lowest BCUT2D eigenvalue weighted by molar-refractivity contribution is 0.0698. The van der Waals surface area contributed by atoms with Crippen molar-refractivity contribution in [2.24, 2.45) is 7.05 Å². The van der Waals surface area contributed by atoms with Crippen molar-refractivity contribution in [1.29, 1.82) is 0 Å². The number of aromatic carboxylic acids is 1. The molecule has 0 aliphatic carbocycles. The third-order valence-corrected chi connectivity index (χ3v) is 3.17. The molecular formula is C12H13BrN4O2. The van der Waals surface area contributed by atoms with Crippen molar-refractivity contribution in [3.05, 3.63) is 40.4 Å². The molecule has 0 aliphatic heterocycles. The molecule has 1 aromatic heterocycles. The molecule has 2 N–H and O–H groups in total. The first-order valence-electron chi connectivity index (χ1n) is 5.67. The highest BCUT2D eigenvalue weighted by atomic mass is 79.9. The number of aryl methyl sites for hydroxylation is 1. The minimum Gasteiger partial charge on any atom is -0.478 e. The van der Waals surface area contributed by atoms with Gasteiger partial charge in [-0.05, 0) is 18.2 Å². The smallest absolute Gasteiger partial charge is 0.337 e. The summed E-state index contributed by atoms with van der Waals surface area (Å²) in [5.74, 6) is -0.107. The van der Waals surface area contributed by atoms with Crippen LogP contribution >= 0.6 is 15.9 Å². The molecule has 6 nitrogen and oxygen atoms in total. The third-order valence-electron chi connectivity index (χ3n) is 2.68. The first-order chi connectivity index (χ1) is 9.08. The van der Waals surface area contributed by atoms with Gasteiger partial charge in [-0.25, -0.2) is 4.79 Å². The van der Waals surface area contributed by atoms with E-state index in [1.165, 1.54) is 0 Å². The molecule has 0 bridgehead atoms. The maximum absolute atomic E-state index is 11.1. The maximum atomic E-state index is 11.1. The third kappa shape index (κ3) is 3.31.